The molecule has 1 saturated carbocycles. The topological polar surface area (TPSA) is 43.1 Å². The molecule has 0 aliphatic heterocycles. The molecule has 0 heterocycles. The maximum Gasteiger partial charge on any atom is 0.149 e. The van der Waals surface area contributed by atoms with Crippen molar-refractivity contribution in [2.24, 2.45) is 11.7 Å². The van der Waals surface area contributed by atoms with Gasteiger partial charge in [0.1, 0.15) is 5.78 Å². The van der Waals surface area contributed by atoms with E-state index in [1.165, 1.54) is 32.1 Å². The largest absolute Gasteiger partial charge is 0.322 e. The first-order valence-corrected chi connectivity index (χ1v) is 5.48. The van der Waals surface area contributed by atoms with Crippen molar-refractivity contribution in [3.63, 3.8) is 0 Å². The molecular weight excluding hydrogens is 162 g/mol. The maximum absolute atomic E-state index is 11.3. The number of Topliss-reactive ketones (excluding diaryl/α,β-unsaturated/α-hetero) is 1. The lowest BCUT2D eigenvalue weighted by Crippen LogP contribution is -2.27. The van der Waals surface area contributed by atoms with Gasteiger partial charge in [0.15, 0.2) is 0 Å². The average Bonchev–Trinajstić information content (AvgIpc) is 2.15. The molecule has 1 fully saturated rings. The minimum absolute atomic E-state index is 0.227. The molecule has 13 heavy (non-hydrogen) atoms. The van der Waals surface area contributed by atoms with E-state index in [2.05, 4.69) is 0 Å². The van der Waals surface area contributed by atoms with Crippen LogP contribution in [0.5, 0.6) is 0 Å². The van der Waals surface area contributed by atoms with E-state index in [1.807, 2.05) is 0 Å². The zero-order valence-electron chi connectivity index (χ0n) is 8.59. The van der Waals surface area contributed by atoms with Crippen LogP contribution < -0.4 is 5.73 Å². The highest BCUT2D eigenvalue weighted by atomic mass is 16.1. The summed E-state index contributed by atoms with van der Waals surface area (Å²) in [6, 6.07) is -0.261. The number of hydrogen-bond acceptors (Lipinski definition) is 2. The van der Waals surface area contributed by atoms with E-state index < -0.39 is 0 Å². The molecule has 0 saturated heterocycles. The van der Waals surface area contributed by atoms with Crippen LogP contribution in [0.15, 0.2) is 0 Å². The van der Waals surface area contributed by atoms with E-state index in [1.54, 1.807) is 6.92 Å². The van der Waals surface area contributed by atoms with E-state index >= 15 is 0 Å². The van der Waals surface area contributed by atoms with E-state index in [0.717, 1.165) is 12.3 Å². The molecule has 0 unspecified atom stereocenters. The van der Waals surface area contributed by atoms with Crippen molar-refractivity contribution in [3.8, 4) is 0 Å². The fraction of sp³-hybridized carbons (Fsp3) is 0.909. The lowest BCUT2D eigenvalue weighted by molar-refractivity contribution is -0.120. The Morgan fingerprint density at radius 3 is 2.54 bits per heavy atom. The van der Waals surface area contributed by atoms with E-state index in [0.29, 0.717) is 6.42 Å². The van der Waals surface area contributed by atoms with Gasteiger partial charge in [-0.2, -0.15) is 0 Å². The SMILES string of the molecule is C[C@H](N)C(=O)CCC1CCCCC1. The molecule has 1 aliphatic rings. The molecule has 0 bridgehead atoms. The third-order valence-corrected chi connectivity index (χ3v) is 3.03. The van der Waals surface area contributed by atoms with Gasteiger partial charge in [-0.25, -0.2) is 0 Å². The van der Waals surface area contributed by atoms with Gasteiger partial charge in [-0.1, -0.05) is 32.1 Å². The molecule has 2 N–H and O–H groups in total. The van der Waals surface area contributed by atoms with Crippen molar-refractivity contribution in [2.45, 2.75) is 57.9 Å². The van der Waals surface area contributed by atoms with Crippen LogP contribution in [0.4, 0.5) is 0 Å². The van der Waals surface area contributed by atoms with Gasteiger partial charge in [-0.3, -0.25) is 4.79 Å². The number of carbonyl (C=O) groups is 1. The summed E-state index contributed by atoms with van der Waals surface area (Å²) in [7, 11) is 0. The zero-order valence-corrected chi connectivity index (χ0v) is 8.59. The normalized spacial score (nSPS) is 21.4. The Hall–Kier alpha value is -0.370. The van der Waals surface area contributed by atoms with Gasteiger partial charge in [-0.05, 0) is 19.3 Å². The Balaban J connectivity index is 2.13. The minimum Gasteiger partial charge on any atom is -0.322 e. The van der Waals surface area contributed by atoms with E-state index in [4.69, 9.17) is 5.73 Å². The third-order valence-electron chi connectivity index (χ3n) is 3.03. The second-order valence-electron chi connectivity index (χ2n) is 4.30. The van der Waals surface area contributed by atoms with Gasteiger partial charge in [0.05, 0.1) is 6.04 Å². The maximum atomic E-state index is 11.3. The lowest BCUT2D eigenvalue weighted by atomic mass is 9.85. The summed E-state index contributed by atoms with van der Waals surface area (Å²) in [5.74, 6) is 1.03. The summed E-state index contributed by atoms with van der Waals surface area (Å²) >= 11 is 0. The molecule has 0 amide bonds. The van der Waals surface area contributed by atoms with Gasteiger partial charge < -0.3 is 5.73 Å². The predicted octanol–water partition coefficient (Wildman–Crippen LogP) is 2.26. The molecule has 2 nitrogen and oxygen atoms in total. The first-order valence-electron chi connectivity index (χ1n) is 5.48. The molecule has 76 valence electrons. The zero-order chi connectivity index (χ0) is 9.68. The highest BCUT2D eigenvalue weighted by molar-refractivity contribution is 5.83. The molecule has 0 radical (unpaired) electrons. The monoisotopic (exact) mass is 183 g/mol. The van der Waals surface area contributed by atoms with Gasteiger partial charge in [0.25, 0.3) is 0 Å². The van der Waals surface area contributed by atoms with Crippen LogP contribution in [0.2, 0.25) is 0 Å². The number of nitrogens with two attached hydrogens (primary N) is 1. The van der Waals surface area contributed by atoms with Crippen molar-refractivity contribution < 1.29 is 4.79 Å². The number of ketones is 1. The van der Waals surface area contributed by atoms with Crippen molar-refractivity contribution in [1.29, 1.82) is 0 Å². The second-order valence-corrected chi connectivity index (χ2v) is 4.30. The summed E-state index contributed by atoms with van der Waals surface area (Å²) < 4.78 is 0. The van der Waals surface area contributed by atoms with Crippen molar-refractivity contribution in [1.82, 2.24) is 0 Å². The van der Waals surface area contributed by atoms with E-state index in [-0.39, 0.29) is 11.8 Å². The van der Waals surface area contributed by atoms with Gasteiger partial charge in [-0.15, -0.1) is 0 Å². The Labute approximate surface area is 80.9 Å². The average molecular weight is 183 g/mol. The summed E-state index contributed by atoms with van der Waals surface area (Å²) in [6.45, 7) is 1.78. The molecule has 2 heteroatoms. The molecular formula is C11H21NO. The van der Waals surface area contributed by atoms with Crippen LogP contribution in [0, 0.1) is 5.92 Å². The van der Waals surface area contributed by atoms with Crippen LogP contribution in [0.3, 0.4) is 0 Å². The highest BCUT2D eigenvalue weighted by Crippen LogP contribution is 2.27. The Morgan fingerprint density at radius 2 is 2.00 bits per heavy atom. The predicted molar refractivity (Wildman–Crippen MR) is 54.5 cm³/mol. The first-order chi connectivity index (χ1) is 6.20. The molecule has 0 aromatic rings. The standard InChI is InChI=1S/C11H21NO/c1-9(12)11(13)8-7-10-5-3-2-4-6-10/h9-10H,2-8,12H2,1H3/t9-/m0/s1. The number of carbonyl (C=O) groups excluding carboxylic acids is 1. The van der Waals surface area contributed by atoms with Crippen LogP contribution in [-0.4, -0.2) is 11.8 Å². The molecule has 0 spiro atoms. The minimum atomic E-state index is -0.261. The van der Waals surface area contributed by atoms with Crippen LogP contribution >= 0.6 is 0 Å². The van der Waals surface area contributed by atoms with Crippen molar-refractivity contribution in [2.75, 3.05) is 0 Å². The molecule has 0 aromatic heterocycles. The van der Waals surface area contributed by atoms with Crippen LogP contribution in [0.1, 0.15) is 51.9 Å². The van der Waals surface area contributed by atoms with Gasteiger partial charge in [0, 0.05) is 6.42 Å². The van der Waals surface area contributed by atoms with E-state index in [9.17, 15) is 4.79 Å². The molecule has 1 rings (SSSR count). The smallest absolute Gasteiger partial charge is 0.149 e. The fourth-order valence-corrected chi connectivity index (χ4v) is 2.05. The van der Waals surface area contributed by atoms with Crippen LogP contribution in [-0.2, 0) is 4.79 Å². The quantitative estimate of drug-likeness (QED) is 0.726. The number of hydrogen-bond donors (Lipinski definition) is 1. The summed E-state index contributed by atoms with van der Waals surface area (Å²) in [6.07, 6.45) is 8.52. The summed E-state index contributed by atoms with van der Waals surface area (Å²) in [4.78, 5) is 11.3. The second kappa shape index (κ2) is 5.38. The Kier molecular flexibility index (Phi) is 4.43. The highest BCUT2D eigenvalue weighted by Gasteiger charge is 2.15. The summed E-state index contributed by atoms with van der Waals surface area (Å²) in [5.41, 5.74) is 5.50. The van der Waals surface area contributed by atoms with Crippen molar-refractivity contribution >= 4 is 5.78 Å². The van der Waals surface area contributed by atoms with Gasteiger partial charge >= 0.3 is 0 Å². The summed E-state index contributed by atoms with van der Waals surface area (Å²) in [5, 5.41) is 0. The third kappa shape index (κ3) is 3.90. The first kappa shape index (κ1) is 10.7. The Morgan fingerprint density at radius 1 is 1.38 bits per heavy atom. The molecule has 1 atom stereocenters. The fourth-order valence-electron chi connectivity index (χ4n) is 2.05. The van der Waals surface area contributed by atoms with Crippen LogP contribution in [0.25, 0.3) is 0 Å². The number of rotatable bonds is 4. The lowest BCUT2D eigenvalue weighted by Gasteiger charge is -2.21. The van der Waals surface area contributed by atoms with Gasteiger partial charge in [0.2, 0.25) is 0 Å². The molecule has 1 aliphatic carbocycles. The van der Waals surface area contributed by atoms with Crippen molar-refractivity contribution in [3.05, 3.63) is 0 Å². The molecule has 0 aromatic carbocycles. The Bertz CT molecular complexity index is 159.